The van der Waals surface area contributed by atoms with Crippen molar-refractivity contribution in [1.82, 2.24) is 0 Å². The fourth-order valence-electron chi connectivity index (χ4n) is 1.29. The van der Waals surface area contributed by atoms with Crippen LogP contribution in [0.4, 0.5) is 0 Å². The fourth-order valence-corrected chi connectivity index (χ4v) is 2.18. The number of hydrogen-bond donors (Lipinski definition) is 0. The van der Waals surface area contributed by atoms with Gasteiger partial charge in [0.25, 0.3) is 0 Å². The highest BCUT2D eigenvalue weighted by molar-refractivity contribution is 7.99. The summed E-state index contributed by atoms with van der Waals surface area (Å²) in [6, 6.07) is 10.1. The first-order valence-electron chi connectivity index (χ1n) is 5.66. The van der Waals surface area contributed by atoms with Crippen LogP contribution in [0.25, 0.3) is 0 Å². The van der Waals surface area contributed by atoms with Gasteiger partial charge in [-0.15, -0.1) is 0 Å². The molecule has 0 amide bonds. The van der Waals surface area contributed by atoms with Crippen LogP contribution in [0.15, 0.2) is 35.5 Å². The van der Waals surface area contributed by atoms with E-state index in [-0.39, 0.29) is 0 Å². The van der Waals surface area contributed by atoms with E-state index in [9.17, 15) is 4.79 Å². The lowest BCUT2D eigenvalue weighted by Crippen LogP contribution is -2.20. The van der Waals surface area contributed by atoms with Crippen LogP contribution in [0, 0.1) is 0 Å². The van der Waals surface area contributed by atoms with Crippen LogP contribution in [-0.4, -0.2) is 31.2 Å². The highest BCUT2D eigenvalue weighted by atomic mass is 32.2. The molecule has 0 aliphatic carbocycles. The summed E-state index contributed by atoms with van der Waals surface area (Å²) in [6.07, 6.45) is 0. The molecule has 0 heterocycles. The molecule has 1 aromatic carbocycles. The molecule has 0 saturated carbocycles. The summed E-state index contributed by atoms with van der Waals surface area (Å²) in [5.74, 6) is 0.879. The molecule has 0 unspecified atom stereocenters. The molecule has 0 aliphatic rings. The SMILES string of the molecule is CCOC(=O)C(CSCc1ccccc1)=NOC. The molecule has 0 atom stereocenters. The second-order valence-corrected chi connectivity index (χ2v) is 4.41. The maximum absolute atomic E-state index is 11.5. The Hall–Kier alpha value is -1.49. The Bertz CT molecular complexity index is 392. The molecule has 98 valence electrons. The van der Waals surface area contributed by atoms with Crippen molar-refractivity contribution in [2.24, 2.45) is 5.16 Å². The Kier molecular flexibility index (Phi) is 6.94. The highest BCUT2D eigenvalue weighted by Crippen LogP contribution is 2.12. The van der Waals surface area contributed by atoms with Crippen LogP contribution < -0.4 is 0 Å². The Labute approximate surface area is 111 Å². The van der Waals surface area contributed by atoms with Crippen molar-refractivity contribution in [3.8, 4) is 0 Å². The third-order valence-corrected chi connectivity index (χ3v) is 3.08. The lowest BCUT2D eigenvalue weighted by molar-refractivity contribution is -0.135. The zero-order chi connectivity index (χ0) is 13.2. The minimum absolute atomic E-state index is 0.306. The molecule has 0 N–H and O–H groups in total. The Morgan fingerprint density at radius 3 is 2.67 bits per heavy atom. The normalized spacial score (nSPS) is 11.1. The molecule has 0 radical (unpaired) electrons. The van der Waals surface area contributed by atoms with Gasteiger partial charge in [-0.05, 0) is 12.5 Å². The average Bonchev–Trinajstić information content (AvgIpc) is 2.39. The monoisotopic (exact) mass is 267 g/mol. The predicted octanol–water partition coefficient (Wildman–Crippen LogP) is 2.49. The van der Waals surface area contributed by atoms with E-state index < -0.39 is 5.97 Å². The van der Waals surface area contributed by atoms with Gasteiger partial charge in [0, 0.05) is 11.5 Å². The summed E-state index contributed by atoms with van der Waals surface area (Å²) in [7, 11) is 1.42. The quantitative estimate of drug-likeness (QED) is 0.432. The Balaban J connectivity index is 2.43. The van der Waals surface area contributed by atoms with Gasteiger partial charge in [0.2, 0.25) is 0 Å². The van der Waals surface area contributed by atoms with Gasteiger partial charge in [0.15, 0.2) is 5.71 Å². The van der Waals surface area contributed by atoms with Crippen molar-refractivity contribution < 1.29 is 14.4 Å². The van der Waals surface area contributed by atoms with Crippen LogP contribution in [0.2, 0.25) is 0 Å². The number of esters is 1. The summed E-state index contributed by atoms with van der Waals surface area (Å²) in [4.78, 5) is 16.2. The first-order chi connectivity index (χ1) is 8.77. The summed E-state index contributed by atoms with van der Waals surface area (Å²) in [5.41, 5.74) is 1.52. The van der Waals surface area contributed by atoms with E-state index in [1.165, 1.54) is 12.7 Å². The Morgan fingerprint density at radius 1 is 1.33 bits per heavy atom. The van der Waals surface area contributed by atoms with Crippen LogP contribution in [-0.2, 0) is 20.1 Å². The molecule has 0 bridgehead atoms. The van der Waals surface area contributed by atoms with Crippen molar-refractivity contribution in [2.75, 3.05) is 19.5 Å². The first-order valence-corrected chi connectivity index (χ1v) is 6.82. The van der Waals surface area contributed by atoms with Crippen LogP contribution in [0.5, 0.6) is 0 Å². The van der Waals surface area contributed by atoms with Gasteiger partial charge >= 0.3 is 5.97 Å². The number of carbonyl (C=O) groups excluding carboxylic acids is 1. The van der Waals surface area contributed by atoms with Gasteiger partial charge in [0.05, 0.1) is 6.61 Å². The molecule has 18 heavy (non-hydrogen) atoms. The van der Waals surface area contributed by atoms with Crippen molar-refractivity contribution in [2.45, 2.75) is 12.7 Å². The number of carbonyl (C=O) groups is 1. The second-order valence-electron chi connectivity index (χ2n) is 3.42. The topological polar surface area (TPSA) is 47.9 Å². The minimum atomic E-state index is -0.417. The molecule has 0 spiro atoms. The molecule has 0 aliphatic heterocycles. The zero-order valence-electron chi connectivity index (χ0n) is 10.6. The van der Waals surface area contributed by atoms with Crippen LogP contribution >= 0.6 is 11.8 Å². The molecule has 0 fully saturated rings. The van der Waals surface area contributed by atoms with Gasteiger partial charge in [-0.2, -0.15) is 11.8 Å². The predicted molar refractivity (Wildman–Crippen MR) is 73.7 cm³/mol. The zero-order valence-corrected chi connectivity index (χ0v) is 11.4. The van der Waals surface area contributed by atoms with E-state index in [4.69, 9.17) is 4.74 Å². The molecule has 4 nitrogen and oxygen atoms in total. The van der Waals surface area contributed by atoms with E-state index in [1.54, 1.807) is 18.7 Å². The maximum atomic E-state index is 11.5. The minimum Gasteiger partial charge on any atom is -0.461 e. The number of nitrogens with zero attached hydrogens (tertiary/aromatic N) is 1. The molecule has 0 aromatic heterocycles. The smallest absolute Gasteiger partial charge is 0.356 e. The van der Waals surface area contributed by atoms with E-state index in [2.05, 4.69) is 9.99 Å². The van der Waals surface area contributed by atoms with Crippen molar-refractivity contribution in [3.05, 3.63) is 35.9 Å². The number of rotatable bonds is 7. The van der Waals surface area contributed by atoms with E-state index in [0.717, 1.165) is 5.75 Å². The summed E-state index contributed by atoms with van der Waals surface area (Å²) < 4.78 is 4.90. The number of oxime groups is 1. The van der Waals surface area contributed by atoms with Crippen LogP contribution in [0.3, 0.4) is 0 Å². The molecular weight excluding hydrogens is 250 g/mol. The highest BCUT2D eigenvalue weighted by Gasteiger charge is 2.13. The van der Waals surface area contributed by atoms with E-state index in [1.807, 2.05) is 30.3 Å². The summed E-state index contributed by atoms with van der Waals surface area (Å²) in [6.45, 7) is 2.10. The molecule has 1 aromatic rings. The third-order valence-electron chi connectivity index (χ3n) is 2.06. The number of benzene rings is 1. The standard InChI is InChI=1S/C13H17NO3S/c1-3-17-13(15)12(14-16-2)10-18-9-11-7-5-4-6-8-11/h4-8H,3,9-10H2,1-2H3. The fraction of sp³-hybridized carbons (Fsp3) is 0.385. The van der Waals surface area contributed by atoms with E-state index >= 15 is 0 Å². The lowest BCUT2D eigenvalue weighted by Gasteiger charge is -2.05. The summed E-state index contributed by atoms with van der Waals surface area (Å²) in [5, 5.41) is 3.70. The molecule has 5 heteroatoms. The van der Waals surface area contributed by atoms with Crippen molar-refractivity contribution in [3.63, 3.8) is 0 Å². The molecular formula is C13H17NO3S. The van der Waals surface area contributed by atoms with Gasteiger partial charge in [-0.25, -0.2) is 4.79 Å². The van der Waals surface area contributed by atoms with Gasteiger partial charge in [0.1, 0.15) is 7.11 Å². The number of thioether (sulfide) groups is 1. The third kappa shape index (κ3) is 5.23. The van der Waals surface area contributed by atoms with E-state index in [0.29, 0.717) is 18.1 Å². The van der Waals surface area contributed by atoms with Crippen molar-refractivity contribution in [1.29, 1.82) is 0 Å². The second kappa shape index (κ2) is 8.58. The maximum Gasteiger partial charge on any atom is 0.356 e. The molecule has 0 saturated heterocycles. The lowest BCUT2D eigenvalue weighted by atomic mass is 10.2. The Morgan fingerprint density at radius 2 is 2.06 bits per heavy atom. The van der Waals surface area contributed by atoms with Crippen LogP contribution in [0.1, 0.15) is 12.5 Å². The largest absolute Gasteiger partial charge is 0.461 e. The first kappa shape index (κ1) is 14.6. The summed E-state index contributed by atoms with van der Waals surface area (Å²) >= 11 is 1.60. The average molecular weight is 267 g/mol. The molecule has 1 rings (SSSR count). The van der Waals surface area contributed by atoms with Crippen molar-refractivity contribution >= 4 is 23.4 Å². The van der Waals surface area contributed by atoms with Gasteiger partial charge in [-0.3, -0.25) is 0 Å². The number of ether oxygens (including phenoxy) is 1. The van der Waals surface area contributed by atoms with Gasteiger partial charge < -0.3 is 9.57 Å². The van der Waals surface area contributed by atoms with Gasteiger partial charge in [-0.1, -0.05) is 35.5 Å². The number of hydrogen-bond acceptors (Lipinski definition) is 5.